The molecule has 44 heavy (non-hydrogen) atoms. The van der Waals surface area contributed by atoms with Gasteiger partial charge in [0.1, 0.15) is 11.9 Å². The van der Waals surface area contributed by atoms with Gasteiger partial charge in [0.25, 0.3) is 5.91 Å². The van der Waals surface area contributed by atoms with Crippen LogP contribution in [0.25, 0.3) is 21.8 Å². The SMILES string of the molecule is CCCCN(CCCC)CCNC(=O)c1ccc(OC2CCN(Cc3ccc4c(c3)c3ccccc3n4CC)CC2)c(Cl)c1. The number of piperidine rings is 1. The van der Waals surface area contributed by atoms with E-state index in [4.69, 9.17) is 16.3 Å². The number of aromatic nitrogens is 1. The van der Waals surface area contributed by atoms with E-state index < -0.39 is 0 Å². The van der Waals surface area contributed by atoms with Crippen molar-refractivity contribution in [2.75, 3.05) is 39.3 Å². The average Bonchev–Trinajstić information content (AvgIpc) is 3.36. The molecule has 0 aliphatic carbocycles. The summed E-state index contributed by atoms with van der Waals surface area (Å²) in [6.45, 7) is 14.2. The molecule has 4 aromatic rings. The highest BCUT2D eigenvalue weighted by molar-refractivity contribution is 6.32. The van der Waals surface area contributed by atoms with Gasteiger partial charge in [-0.1, -0.05) is 62.6 Å². The summed E-state index contributed by atoms with van der Waals surface area (Å²) in [7, 11) is 0. The van der Waals surface area contributed by atoms with Crippen molar-refractivity contribution in [2.24, 2.45) is 0 Å². The average molecular weight is 617 g/mol. The predicted octanol–water partition coefficient (Wildman–Crippen LogP) is 8.14. The molecule has 5 rings (SSSR count). The number of likely N-dealkylation sites (tertiary alicyclic amines) is 1. The number of nitrogens with zero attached hydrogens (tertiary/aromatic N) is 3. The van der Waals surface area contributed by atoms with Gasteiger partial charge in [-0.3, -0.25) is 9.69 Å². The minimum Gasteiger partial charge on any atom is -0.489 e. The number of benzene rings is 3. The van der Waals surface area contributed by atoms with Crippen molar-refractivity contribution in [3.8, 4) is 5.75 Å². The molecule has 1 aliphatic rings. The van der Waals surface area contributed by atoms with Crippen LogP contribution in [0, 0.1) is 0 Å². The van der Waals surface area contributed by atoms with E-state index in [0.29, 0.717) is 22.9 Å². The van der Waals surface area contributed by atoms with E-state index in [0.717, 1.165) is 58.7 Å². The van der Waals surface area contributed by atoms with E-state index in [9.17, 15) is 4.79 Å². The predicted molar refractivity (Wildman–Crippen MR) is 184 cm³/mol. The minimum atomic E-state index is -0.0878. The number of hydrogen-bond donors (Lipinski definition) is 1. The smallest absolute Gasteiger partial charge is 0.251 e. The first-order valence-electron chi connectivity index (χ1n) is 16.7. The molecule has 1 aliphatic heterocycles. The monoisotopic (exact) mass is 616 g/mol. The third-order valence-electron chi connectivity index (χ3n) is 8.95. The second-order valence-electron chi connectivity index (χ2n) is 12.2. The number of halogens is 1. The summed E-state index contributed by atoms with van der Waals surface area (Å²) in [4.78, 5) is 17.8. The van der Waals surface area contributed by atoms with E-state index in [2.05, 4.69) is 82.9 Å². The van der Waals surface area contributed by atoms with Gasteiger partial charge in [-0.2, -0.15) is 0 Å². The molecule has 6 nitrogen and oxygen atoms in total. The van der Waals surface area contributed by atoms with Gasteiger partial charge in [0, 0.05) is 66.6 Å². The first kappa shape index (κ1) is 32.3. The topological polar surface area (TPSA) is 49.7 Å². The number of unbranched alkanes of at least 4 members (excludes halogenated alkanes) is 2. The molecule has 0 saturated carbocycles. The number of para-hydroxylation sites is 1. The van der Waals surface area contributed by atoms with Crippen molar-refractivity contribution in [3.63, 3.8) is 0 Å². The van der Waals surface area contributed by atoms with Gasteiger partial charge < -0.3 is 19.5 Å². The first-order valence-corrected chi connectivity index (χ1v) is 17.1. The highest BCUT2D eigenvalue weighted by atomic mass is 35.5. The zero-order valence-electron chi connectivity index (χ0n) is 26.8. The number of aryl methyl sites for hydroxylation is 1. The van der Waals surface area contributed by atoms with Crippen LogP contribution < -0.4 is 10.1 Å². The molecule has 0 radical (unpaired) electrons. The number of amides is 1. The third-order valence-corrected chi connectivity index (χ3v) is 9.25. The van der Waals surface area contributed by atoms with Gasteiger partial charge >= 0.3 is 0 Å². The maximum atomic E-state index is 12.8. The second kappa shape index (κ2) is 15.8. The Bertz CT molecular complexity index is 1520. The molecular weight excluding hydrogens is 568 g/mol. The molecule has 0 unspecified atom stereocenters. The van der Waals surface area contributed by atoms with Crippen molar-refractivity contribution in [3.05, 3.63) is 76.8 Å². The Labute approximate surface area is 268 Å². The van der Waals surface area contributed by atoms with Crippen LogP contribution >= 0.6 is 11.6 Å². The van der Waals surface area contributed by atoms with Gasteiger partial charge in [-0.05, 0) is 87.7 Å². The van der Waals surface area contributed by atoms with Crippen LogP contribution in [-0.4, -0.2) is 65.6 Å². The lowest BCUT2D eigenvalue weighted by molar-refractivity contribution is 0.0945. The van der Waals surface area contributed by atoms with Gasteiger partial charge in [-0.25, -0.2) is 0 Å². The molecule has 0 spiro atoms. The number of ether oxygens (including phenoxy) is 1. The normalized spacial score (nSPS) is 14.6. The fraction of sp³-hybridized carbons (Fsp3) is 0.486. The number of carbonyl (C=O) groups is 1. The van der Waals surface area contributed by atoms with Gasteiger partial charge in [0.05, 0.1) is 5.02 Å². The molecular formula is C37H49ClN4O2. The van der Waals surface area contributed by atoms with E-state index in [1.54, 1.807) is 6.07 Å². The molecule has 1 amide bonds. The van der Waals surface area contributed by atoms with Crippen LogP contribution in [0.1, 0.15) is 75.2 Å². The van der Waals surface area contributed by atoms with Crippen molar-refractivity contribution in [1.82, 2.24) is 19.7 Å². The standard InChI is InChI=1S/C37H49ClN4O2/c1-4-7-20-40(21-8-5-2)24-19-39-37(43)29-14-16-36(33(38)26-29)44-30-17-22-41(23-18-30)27-28-13-15-35-32(25-28)31-11-9-10-12-34(31)42(35)6-3/h9-16,25-26,30H,4-8,17-24,27H2,1-3H3,(H,39,43). The molecule has 1 fully saturated rings. The molecule has 1 N–H and O–H groups in total. The lowest BCUT2D eigenvalue weighted by Gasteiger charge is -2.32. The van der Waals surface area contributed by atoms with Crippen molar-refractivity contribution in [1.29, 1.82) is 0 Å². The summed E-state index contributed by atoms with van der Waals surface area (Å²) < 4.78 is 8.73. The zero-order valence-corrected chi connectivity index (χ0v) is 27.5. The summed E-state index contributed by atoms with van der Waals surface area (Å²) >= 11 is 6.60. The molecule has 0 atom stereocenters. The van der Waals surface area contributed by atoms with Gasteiger partial charge in [-0.15, -0.1) is 0 Å². The lowest BCUT2D eigenvalue weighted by atomic mass is 10.1. The summed E-state index contributed by atoms with van der Waals surface area (Å²) in [6.07, 6.45) is 6.76. The van der Waals surface area contributed by atoms with E-state index in [-0.39, 0.29) is 12.0 Å². The summed E-state index contributed by atoms with van der Waals surface area (Å²) in [5.74, 6) is 0.569. The summed E-state index contributed by atoms with van der Waals surface area (Å²) in [6, 6.07) is 21.0. The molecule has 236 valence electrons. The lowest BCUT2D eigenvalue weighted by Crippen LogP contribution is -2.37. The Kier molecular flexibility index (Phi) is 11.6. The van der Waals surface area contributed by atoms with Gasteiger partial charge in [0.2, 0.25) is 0 Å². The number of carbonyl (C=O) groups excluding carboxylic acids is 1. The molecule has 2 heterocycles. The first-order chi connectivity index (χ1) is 21.5. The summed E-state index contributed by atoms with van der Waals surface area (Å²) in [5.41, 5.74) is 4.54. The molecule has 1 saturated heterocycles. The zero-order chi connectivity index (χ0) is 30.9. The molecule has 0 bridgehead atoms. The maximum Gasteiger partial charge on any atom is 0.251 e. The van der Waals surface area contributed by atoms with Crippen LogP contribution in [0.3, 0.4) is 0 Å². The van der Waals surface area contributed by atoms with Crippen LogP contribution in [0.5, 0.6) is 5.75 Å². The molecule has 7 heteroatoms. The minimum absolute atomic E-state index is 0.0878. The largest absolute Gasteiger partial charge is 0.489 e. The number of rotatable bonds is 15. The number of hydrogen-bond acceptors (Lipinski definition) is 4. The Balaban J connectivity index is 1.10. The molecule has 3 aromatic carbocycles. The van der Waals surface area contributed by atoms with E-state index in [1.807, 2.05) is 12.1 Å². The van der Waals surface area contributed by atoms with Crippen molar-refractivity contribution >= 4 is 39.3 Å². The highest BCUT2D eigenvalue weighted by Crippen LogP contribution is 2.31. The Hall–Kier alpha value is -3.06. The van der Waals surface area contributed by atoms with Crippen molar-refractivity contribution < 1.29 is 9.53 Å². The Morgan fingerprint density at radius 2 is 1.64 bits per heavy atom. The van der Waals surface area contributed by atoms with E-state index >= 15 is 0 Å². The third kappa shape index (κ3) is 7.96. The van der Waals surface area contributed by atoms with Crippen LogP contribution in [0.4, 0.5) is 0 Å². The number of nitrogens with one attached hydrogen (secondary N) is 1. The van der Waals surface area contributed by atoms with Crippen molar-refractivity contribution in [2.45, 2.75) is 78.5 Å². The highest BCUT2D eigenvalue weighted by Gasteiger charge is 2.22. The fourth-order valence-electron chi connectivity index (χ4n) is 6.43. The van der Waals surface area contributed by atoms with Crippen LogP contribution in [-0.2, 0) is 13.1 Å². The number of fused-ring (bicyclic) bond motifs is 3. The summed E-state index contributed by atoms with van der Waals surface area (Å²) in [5, 5.41) is 6.23. The quantitative estimate of drug-likeness (QED) is 0.146. The second-order valence-corrected chi connectivity index (χ2v) is 12.6. The van der Waals surface area contributed by atoms with Crippen LogP contribution in [0.15, 0.2) is 60.7 Å². The maximum absolute atomic E-state index is 12.8. The fourth-order valence-corrected chi connectivity index (χ4v) is 6.65. The Morgan fingerprint density at radius 1 is 0.909 bits per heavy atom. The van der Waals surface area contributed by atoms with Crippen LogP contribution in [0.2, 0.25) is 5.02 Å². The Morgan fingerprint density at radius 3 is 2.34 bits per heavy atom. The van der Waals surface area contributed by atoms with Gasteiger partial charge in [0.15, 0.2) is 0 Å². The van der Waals surface area contributed by atoms with E-state index in [1.165, 1.54) is 53.1 Å². The molecule has 1 aromatic heterocycles.